The van der Waals surface area contributed by atoms with Crippen molar-refractivity contribution in [1.82, 2.24) is 4.90 Å². The van der Waals surface area contributed by atoms with E-state index in [1.54, 1.807) is 0 Å². The first-order chi connectivity index (χ1) is 7.50. The highest BCUT2D eigenvalue weighted by atomic mass is 16.3. The van der Waals surface area contributed by atoms with E-state index in [1.807, 2.05) is 20.8 Å². The minimum Gasteiger partial charge on any atom is -0.393 e. The molecule has 0 aromatic heterocycles. The van der Waals surface area contributed by atoms with Crippen LogP contribution in [-0.2, 0) is 0 Å². The standard InChI is InChI=1S/C13H27NO2/c1-4-13(16,5-2)10-14-8-6-7-12(9-14)11(3)15/h11-12,15-16H,4-10H2,1-3H3. The topological polar surface area (TPSA) is 43.7 Å². The lowest BCUT2D eigenvalue weighted by Crippen LogP contribution is -2.47. The number of aliphatic hydroxyl groups excluding tert-OH is 1. The summed E-state index contributed by atoms with van der Waals surface area (Å²) in [5.41, 5.74) is -0.541. The Morgan fingerprint density at radius 3 is 2.50 bits per heavy atom. The van der Waals surface area contributed by atoms with Crippen LogP contribution in [0.2, 0.25) is 0 Å². The Morgan fingerprint density at radius 2 is 2.00 bits per heavy atom. The Labute approximate surface area is 99.5 Å². The first-order valence-corrected chi connectivity index (χ1v) is 6.63. The molecule has 1 aliphatic heterocycles. The number of piperidine rings is 1. The van der Waals surface area contributed by atoms with Gasteiger partial charge in [0.2, 0.25) is 0 Å². The van der Waals surface area contributed by atoms with E-state index in [0.29, 0.717) is 5.92 Å². The minimum absolute atomic E-state index is 0.223. The van der Waals surface area contributed by atoms with Crippen LogP contribution in [0.4, 0.5) is 0 Å². The van der Waals surface area contributed by atoms with Crippen LogP contribution in [-0.4, -0.2) is 46.5 Å². The molecule has 3 heteroatoms. The van der Waals surface area contributed by atoms with Crippen LogP contribution in [0.3, 0.4) is 0 Å². The van der Waals surface area contributed by atoms with Gasteiger partial charge >= 0.3 is 0 Å². The fraction of sp³-hybridized carbons (Fsp3) is 1.00. The Balaban J connectivity index is 2.48. The third-order valence-electron chi connectivity index (χ3n) is 4.06. The molecule has 0 bridgehead atoms. The second kappa shape index (κ2) is 5.99. The molecule has 2 unspecified atom stereocenters. The molecule has 2 N–H and O–H groups in total. The van der Waals surface area contributed by atoms with E-state index < -0.39 is 5.60 Å². The zero-order valence-corrected chi connectivity index (χ0v) is 10.9. The summed E-state index contributed by atoms with van der Waals surface area (Å²) in [6.45, 7) is 8.70. The van der Waals surface area contributed by atoms with Crippen molar-refractivity contribution >= 4 is 0 Å². The Morgan fingerprint density at radius 1 is 1.38 bits per heavy atom. The number of hydrogen-bond acceptors (Lipinski definition) is 3. The van der Waals surface area contributed by atoms with Gasteiger partial charge in [0, 0.05) is 13.1 Å². The van der Waals surface area contributed by atoms with Gasteiger partial charge in [-0.2, -0.15) is 0 Å². The maximum atomic E-state index is 10.3. The van der Waals surface area contributed by atoms with E-state index in [4.69, 9.17) is 0 Å². The molecule has 0 amide bonds. The molecule has 1 saturated heterocycles. The molecule has 1 aliphatic rings. The van der Waals surface area contributed by atoms with Gasteiger partial charge in [-0.05, 0) is 45.1 Å². The largest absolute Gasteiger partial charge is 0.393 e. The Bertz CT molecular complexity index is 202. The zero-order chi connectivity index (χ0) is 12.2. The van der Waals surface area contributed by atoms with E-state index in [2.05, 4.69) is 4.90 Å². The number of nitrogens with zero attached hydrogens (tertiary/aromatic N) is 1. The fourth-order valence-electron chi connectivity index (χ4n) is 2.52. The molecule has 0 spiro atoms. The van der Waals surface area contributed by atoms with Crippen LogP contribution in [0.1, 0.15) is 46.5 Å². The lowest BCUT2D eigenvalue weighted by molar-refractivity contribution is -0.0244. The van der Waals surface area contributed by atoms with Crippen LogP contribution in [0.5, 0.6) is 0 Å². The summed E-state index contributed by atoms with van der Waals surface area (Å²) in [4.78, 5) is 2.31. The molecule has 0 saturated carbocycles. The lowest BCUT2D eigenvalue weighted by atomic mass is 9.90. The maximum Gasteiger partial charge on any atom is 0.0768 e. The Kier molecular flexibility index (Phi) is 5.22. The van der Waals surface area contributed by atoms with Gasteiger partial charge in [0.15, 0.2) is 0 Å². The van der Waals surface area contributed by atoms with E-state index in [-0.39, 0.29) is 6.10 Å². The molecule has 0 radical (unpaired) electrons. The average Bonchev–Trinajstić information content (AvgIpc) is 2.29. The van der Waals surface area contributed by atoms with Gasteiger partial charge in [0.05, 0.1) is 11.7 Å². The Hall–Kier alpha value is -0.120. The molecule has 1 heterocycles. The summed E-state index contributed by atoms with van der Waals surface area (Å²) >= 11 is 0. The first kappa shape index (κ1) is 13.9. The zero-order valence-electron chi connectivity index (χ0n) is 10.9. The van der Waals surface area contributed by atoms with Gasteiger partial charge < -0.3 is 15.1 Å². The number of aliphatic hydroxyl groups is 2. The second-order valence-electron chi connectivity index (χ2n) is 5.31. The van der Waals surface area contributed by atoms with Gasteiger partial charge in [0.25, 0.3) is 0 Å². The van der Waals surface area contributed by atoms with Crippen molar-refractivity contribution < 1.29 is 10.2 Å². The monoisotopic (exact) mass is 229 g/mol. The molecule has 3 nitrogen and oxygen atoms in total. The number of likely N-dealkylation sites (tertiary alicyclic amines) is 1. The molecule has 2 atom stereocenters. The van der Waals surface area contributed by atoms with Crippen molar-refractivity contribution in [2.75, 3.05) is 19.6 Å². The molecule has 96 valence electrons. The van der Waals surface area contributed by atoms with Crippen molar-refractivity contribution in [3.05, 3.63) is 0 Å². The van der Waals surface area contributed by atoms with E-state index in [1.165, 1.54) is 0 Å². The van der Waals surface area contributed by atoms with E-state index >= 15 is 0 Å². The van der Waals surface area contributed by atoms with Crippen LogP contribution in [0.25, 0.3) is 0 Å². The predicted molar refractivity (Wildman–Crippen MR) is 66.4 cm³/mol. The van der Waals surface area contributed by atoms with Crippen molar-refractivity contribution in [3.63, 3.8) is 0 Å². The SMILES string of the molecule is CCC(O)(CC)CN1CCCC(C(C)O)C1. The van der Waals surface area contributed by atoms with Crippen molar-refractivity contribution in [2.45, 2.75) is 58.2 Å². The highest BCUT2D eigenvalue weighted by Gasteiger charge is 2.30. The van der Waals surface area contributed by atoms with Gasteiger partial charge in [-0.25, -0.2) is 0 Å². The number of rotatable bonds is 5. The summed E-state index contributed by atoms with van der Waals surface area (Å²) in [7, 11) is 0. The minimum atomic E-state index is -0.541. The third-order valence-corrected chi connectivity index (χ3v) is 4.06. The number of β-amino-alcohol motifs (C(OH)–C–C–N with tert-alkyl or cyclic N) is 1. The lowest BCUT2D eigenvalue weighted by Gasteiger charge is -2.39. The maximum absolute atomic E-state index is 10.3. The predicted octanol–water partition coefficient (Wildman–Crippen LogP) is 1.63. The van der Waals surface area contributed by atoms with E-state index in [9.17, 15) is 10.2 Å². The molecule has 1 fully saturated rings. The highest BCUT2D eigenvalue weighted by molar-refractivity contribution is 4.84. The van der Waals surface area contributed by atoms with Gasteiger partial charge in [0.1, 0.15) is 0 Å². The normalized spacial score (nSPS) is 25.7. The molecular formula is C13H27NO2. The summed E-state index contributed by atoms with van der Waals surface area (Å²) in [6, 6.07) is 0. The molecule has 1 rings (SSSR count). The number of hydrogen-bond donors (Lipinski definition) is 2. The van der Waals surface area contributed by atoms with Gasteiger partial charge in [-0.1, -0.05) is 13.8 Å². The van der Waals surface area contributed by atoms with Crippen LogP contribution in [0.15, 0.2) is 0 Å². The molecule has 0 aromatic carbocycles. The fourth-order valence-corrected chi connectivity index (χ4v) is 2.52. The van der Waals surface area contributed by atoms with Crippen LogP contribution >= 0.6 is 0 Å². The summed E-state index contributed by atoms with van der Waals surface area (Å²) in [5.74, 6) is 0.381. The summed E-state index contributed by atoms with van der Waals surface area (Å²) < 4.78 is 0. The average molecular weight is 229 g/mol. The molecule has 0 aliphatic carbocycles. The second-order valence-corrected chi connectivity index (χ2v) is 5.31. The van der Waals surface area contributed by atoms with E-state index in [0.717, 1.165) is 45.3 Å². The molecular weight excluding hydrogens is 202 g/mol. The first-order valence-electron chi connectivity index (χ1n) is 6.63. The van der Waals surface area contributed by atoms with Crippen LogP contribution in [0, 0.1) is 5.92 Å². The summed E-state index contributed by atoms with van der Waals surface area (Å²) in [5, 5.41) is 19.9. The smallest absolute Gasteiger partial charge is 0.0768 e. The molecule has 16 heavy (non-hydrogen) atoms. The summed E-state index contributed by atoms with van der Waals surface area (Å²) in [6.07, 6.45) is 3.64. The molecule has 0 aromatic rings. The van der Waals surface area contributed by atoms with Crippen molar-refractivity contribution in [2.24, 2.45) is 5.92 Å². The quantitative estimate of drug-likeness (QED) is 0.753. The third kappa shape index (κ3) is 3.72. The van der Waals surface area contributed by atoms with Crippen molar-refractivity contribution in [3.8, 4) is 0 Å². The van der Waals surface area contributed by atoms with Crippen molar-refractivity contribution in [1.29, 1.82) is 0 Å². The van der Waals surface area contributed by atoms with Crippen LogP contribution < -0.4 is 0 Å². The van der Waals surface area contributed by atoms with Gasteiger partial charge in [-0.15, -0.1) is 0 Å². The van der Waals surface area contributed by atoms with Gasteiger partial charge in [-0.3, -0.25) is 0 Å². The highest BCUT2D eigenvalue weighted by Crippen LogP contribution is 2.23.